The highest BCUT2D eigenvalue weighted by molar-refractivity contribution is 6.90. The van der Waals surface area contributed by atoms with E-state index in [1.54, 1.807) is 0 Å². The summed E-state index contributed by atoms with van der Waals surface area (Å²) in [5, 5.41) is 9.78. The Balaban J connectivity index is 5.59. The highest BCUT2D eigenvalue weighted by Gasteiger charge is 2.48. The molecule has 0 saturated carbocycles. The van der Waals surface area contributed by atoms with Crippen molar-refractivity contribution in [2.24, 2.45) is 0 Å². The molecule has 7 nitrogen and oxygen atoms in total. The zero-order valence-corrected chi connectivity index (χ0v) is 29.6. The van der Waals surface area contributed by atoms with Gasteiger partial charge in [-0.3, -0.25) is 0 Å². The molecule has 2 radical (unpaired) electrons. The Morgan fingerprint density at radius 2 is 1.14 bits per heavy atom. The quantitative estimate of drug-likeness (QED) is 0.126. The van der Waals surface area contributed by atoms with Crippen LogP contribution in [0.2, 0.25) is 77.6 Å². The molecule has 0 saturated heterocycles. The molecule has 0 aromatic heterocycles. The summed E-state index contributed by atoms with van der Waals surface area (Å²) in [6.45, 7) is 31.5. The van der Waals surface area contributed by atoms with Crippen LogP contribution >= 0.6 is 0 Å². The van der Waals surface area contributed by atoms with Crippen LogP contribution in [0.5, 0.6) is 0 Å². The highest BCUT2D eigenvalue weighted by Crippen LogP contribution is 2.31. The number of hydrogen-bond acceptors (Lipinski definition) is 7. The average molecular weight is 585 g/mol. The standard InChI is InChI=1S/C23H56O7Si5/c1-13-17-25-18-15-20-34(11,28-32(6,7)8)30-35(12,21-16-19-26-22-23(24)14-2)29-33(9,10)27-31(3,4)5/h1,23-24H,13-22H2,2-12H3. The molecule has 0 bridgehead atoms. The predicted molar refractivity (Wildman–Crippen MR) is 157 cm³/mol. The van der Waals surface area contributed by atoms with E-state index < -0.39 is 48.4 Å². The molecule has 1 N–H and O–H groups in total. The average Bonchev–Trinajstić information content (AvgIpc) is 2.62. The van der Waals surface area contributed by atoms with Gasteiger partial charge in [0.2, 0.25) is 0 Å². The normalized spacial score (nSPS) is 17.7. The maximum absolute atomic E-state index is 9.78. The van der Waals surface area contributed by atoms with Crippen LogP contribution in [-0.4, -0.2) is 80.0 Å². The number of aliphatic hydroxyl groups excluding tert-OH is 1. The Morgan fingerprint density at radius 1 is 0.657 bits per heavy atom. The van der Waals surface area contributed by atoms with Crippen molar-refractivity contribution < 1.29 is 31.0 Å². The van der Waals surface area contributed by atoms with Crippen molar-refractivity contribution in [1.29, 1.82) is 0 Å². The first-order valence-corrected chi connectivity index (χ1v) is 27.9. The molecule has 0 aliphatic rings. The van der Waals surface area contributed by atoms with Crippen LogP contribution in [0.1, 0.15) is 32.6 Å². The summed E-state index contributed by atoms with van der Waals surface area (Å²) >= 11 is 0. The van der Waals surface area contributed by atoms with E-state index in [0.717, 1.165) is 24.9 Å². The third kappa shape index (κ3) is 19.5. The van der Waals surface area contributed by atoms with Crippen molar-refractivity contribution in [2.75, 3.05) is 26.4 Å². The lowest BCUT2D eigenvalue weighted by Crippen LogP contribution is -2.60. The van der Waals surface area contributed by atoms with Crippen LogP contribution in [0.15, 0.2) is 0 Å². The van der Waals surface area contributed by atoms with Crippen LogP contribution < -0.4 is 0 Å². The molecule has 0 aliphatic heterocycles. The molecule has 3 unspecified atom stereocenters. The van der Waals surface area contributed by atoms with E-state index in [9.17, 15) is 5.11 Å². The van der Waals surface area contributed by atoms with Gasteiger partial charge in [0, 0.05) is 19.8 Å². The van der Waals surface area contributed by atoms with Gasteiger partial charge in [-0.15, -0.1) is 0 Å². The van der Waals surface area contributed by atoms with Gasteiger partial charge in [0.05, 0.1) is 12.7 Å². The molecular formula is C23H56O7Si5. The van der Waals surface area contributed by atoms with Gasteiger partial charge in [-0.1, -0.05) is 6.92 Å². The van der Waals surface area contributed by atoms with Crippen LogP contribution in [0.4, 0.5) is 0 Å². The second kappa shape index (κ2) is 16.0. The van der Waals surface area contributed by atoms with E-state index in [0.29, 0.717) is 39.3 Å². The van der Waals surface area contributed by atoms with Gasteiger partial charge in [0.25, 0.3) is 0 Å². The molecule has 0 amide bonds. The zero-order chi connectivity index (χ0) is 27.4. The van der Waals surface area contributed by atoms with Crippen LogP contribution in [0, 0.1) is 6.92 Å². The third-order valence-electron chi connectivity index (χ3n) is 4.85. The van der Waals surface area contributed by atoms with Gasteiger partial charge in [-0.2, -0.15) is 0 Å². The summed E-state index contributed by atoms with van der Waals surface area (Å²) < 4.78 is 38.6. The fourth-order valence-electron chi connectivity index (χ4n) is 4.14. The topological polar surface area (TPSA) is 75.6 Å². The van der Waals surface area contributed by atoms with Crippen molar-refractivity contribution in [2.45, 2.75) is 116 Å². The van der Waals surface area contributed by atoms with Crippen LogP contribution in [-0.2, 0) is 25.9 Å². The molecule has 0 aromatic rings. The van der Waals surface area contributed by atoms with Gasteiger partial charge in [0.1, 0.15) is 0 Å². The Bertz CT molecular complexity index is 571. The van der Waals surface area contributed by atoms with Crippen LogP contribution in [0.25, 0.3) is 0 Å². The first-order chi connectivity index (χ1) is 15.8. The predicted octanol–water partition coefficient (Wildman–Crippen LogP) is 6.25. The molecule has 0 spiro atoms. The fraction of sp³-hybridized carbons (Fsp3) is 0.957. The molecule has 0 heterocycles. The minimum atomic E-state index is -2.67. The Labute approximate surface area is 222 Å². The molecule has 210 valence electrons. The molecule has 3 atom stereocenters. The number of aliphatic hydroxyl groups is 1. The minimum absolute atomic E-state index is 0.365. The Hall–Kier alpha value is 0.804. The maximum atomic E-state index is 9.78. The van der Waals surface area contributed by atoms with E-state index >= 15 is 0 Å². The number of rotatable bonds is 21. The van der Waals surface area contributed by atoms with E-state index in [1.165, 1.54) is 0 Å². The summed E-state index contributed by atoms with van der Waals surface area (Å²) in [6, 6.07) is 1.64. The SMILES string of the molecule is [CH]CCOCCC[Si](C)(O[Si](C)(C)C)O[Si](C)(CCCOCC(O)CC)O[Si](C)(C)O[Si](C)(C)C. The van der Waals surface area contributed by atoms with E-state index in [1.807, 2.05) is 6.92 Å². The Kier molecular flexibility index (Phi) is 16.4. The van der Waals surface area contributed by atoms with Crippen molar-refractivity contribution in [3.05, 3.63) is 6.92 Å². The largest absolute Gasteiger partial charge is 0.437 e. The van der Waals surface area contributed by atoms with Gasteiger partial charge in [-0.25, -0.2) is 0 Å². The summed E-state index contributed by atoms with van der Waals surface area (Å²) in [7, 11) is -11.3. The van der Waals surface area contributed by atoms with Crippen molar-refractivity contribution in [3.63, 3.8) is 0 Å². The fourth-order valence-corrected chi connectivity index (χ4v) is 27.9. The Morgan fingerprint density at radius 3 is 1.60 bits per heavy atom. The summed E-state index contributed by atoms with van der Waals surface area (Å²) in [5.74, 6) is 0. The van der Waals surface area contributed by atoms with Gasteiger partial charge in [0.15, 0.2) is 16.6 Å². The first-order valence-electron chi connectivity index (χ1n) is 13.2. The van der Waals surface area contributed by atoms with E-state index in [4.69, 9.17) is 32.9 Å². The highest BCUT2D eigenvalue weighted by atomic mass is 28.5. The molecule has 0 fully saturated rings. The molecule has 0 rings (SSSR count). The second-order valence-electron chi connectivity index (χ2n) is 12.0. The van der Waals surface area contributed by atoms with Gasteiger partial charge in [-0.05, 0) is 110 Å². The van der Waals surface area contributed by atoms with E-state index in [-0.39, 0.29) is 0 Å². The molecule has 0 aliphatic carbocycles. The zero-order valence-electron chi connectivity index (χ0n) is 24.6. The van der Waals surface area contributed by atoms with Gasteiger partial charge >= 0.3 is 25.7 Å². The lowest BCUT2D eigenvalue weighted by atomic mass is 10.3. The summed E-state index contributed by atoms with van der Waals surface area (Å²) in [5.41, 5.74) is 0. The van der Waals surface area contributed by atoms with Crippen molar-refractivity contribution >= 4 is 42.3 Å². The first kappa shape index (κ1) is 35.8. The van der Waals surface area contributed by atoms with Crippen LogP contribution in [0.3, 0.4) is 0 Å². The molecule has 35 heavy (non-hydrogen) atoms. The molecule has 0 aromatic carbocycles. The lowest BCUT2D eigenvalue weighted by molar-refractivity contribution is 0.0349. The molecule has 12 heteroatoms. The monoisotopic (exact) mass is 584 g/mol. The van der Waals surface area contributed by atoms with Gasteiger partial charge < -0.3 is 31.0 Å². The van der Waals surface area contributed by atoms with E-state index in [2.05, 4.69) is 65.5 Å². The van der Waals surface area contributed by atoms with Crippen molar-refractivity contribution in [1.82, 2.24) is 0 Å². The number of hydrogen-bond donors (Lipinski definition) is 1. The minimum Gasteiger partial charge on any atom is -0.437 e. The number of ether oxygens (including phenoxy) is 2. The molecular weight excluding hydrogens is 529 g/mol. The lowest BCUT2D eigenvalue weighted by Gasteiger charge is -2.44. The maximum Gasteiger partial charge on any atom is 0.317 e. The third-order valence-corrected chi connectivity index (χ3v) is 23.1. The van der Waals surface area contributed by atoms with Crippen molar-refractivity contribution in [3.8, 4) is 0 Å². The smallest absolute Gasteiger partial charge is 0.317 e. The summed E-state index contributed by atoms with van der Waals surface area (Å²) in [4.78, 5) is 0. The summed E-state index contributed by atoms with van der Waals surface area (Å²) in [6.07, 6.45) is 2.50. The second-order valence-corrected chi connectivity index (χ2v) is 32.1.